The third kappa shape index (κ3) is 6.44. The number of carbonyl (C=O) groups excluding carboxylic acids is 3. The number of aromatic nitrogens is 5. The van der Waals surface area contributed by atoms with E-state index in [1.165, 1.54) is 23.0 Å². The molecule has 0 aliphatic carbocycles. The number of amides is 3. The Balaban J connectivity index is 1.12. The summed E-state index contributed by atoms with van der Waals surface area (Å²) in [6.45, 7) is 4.09. The largest absolute Gasteiger partial charge is 0.461 e. The summed E-state index contributed by atoms with van der Waals surface area (Å²) < 4.78 is 48.8. The van der Waals surface area contributed by atoms with Crippen LogP contribution in [0.5, 0.6) is 0 Å². The van der Waals surface area contributed by atoms with Gasteiger partial charge in [-0.15, -0.1) is 0 Å². The van der Waals surface area contributed by atoms with E-state index >= 15 is 0 Å². The number of rotatable bonds is 8. The molecular weight excluding hydrogens is 635 g/mol. The first-order valence-electron chi connectivity index (χ1n) is 14.9. The molecule has 18 heteroatoms. The number of carbonyl (C=O) groups is 3. The van der Waals surface area contributed by atoms with Gasteiger partial charge in [-0.3, -0.25) is 18.7 Å². The fourth-order valence-electron chi connectivity index (χ4n) is 5.84. The number of halogens is 3. The van der Waals surface area contributed by atoms with Crippen LogP contribution in [0.3, 0.4) is 0 Å². The lowest BCUT2D eigenvalue weighted by molar-refractivity contribution is -0.141. The number of hydrogen-bond donors (Lipinski definition) is 3. The van der Waals surface area contributed by atoms with E-state index in [0.717, 1.165) is 10.9 Å². The van der Waals surface area contributed by atoms with Gasteiger partial charge in [-0.1, -0.05) is 0 Å². The van der Waals surface area contributed by atoms with E-state index < -0.39 is 18.0 Å². The summed E-state index contributed by atoms with van der Waals surface area (Å²) in [6.07, 6.45) is 0.150. The third-order valence-electron chi connectivity index (χ3n) is 8.24. The molecule has 1 aromatic carbocycles. The van der Waals surface area contributed by atoms with Crippen LogP contribution in [0.15, 0.2) is 43.0 Å². The molecule has 3 amide bonds. The Hall–Kier alpha value is -5.70. The van der Waals surface area contributed by atoms with Crippen LogP contribution in [0.25, 0.3) is 16.9 Å². The lowest BCUT2D eigenvalue weighted by atomic mass is 10.1. The van der Waals surface area contributed by atoms with Crippen LogP contribution in [0.2, 0.25) is 0 Å². The predicted octanol–water partition coefficient (Wildman–Crippen LogP) is 2.17. The highest BCUT2D eigenvalue weighted by Gasteiger charge is 2.38. The van der Waals surface area contributed by atoms with Crippen LogP contribution >= 0.6 is 0 Å². The second-order valence-corrected chi connectivity index (χ2v) is 11.3. The summed E-state index contributed by atoms with van der Waals surface area (Å²) >= 11 is 0. The van der Waals surface area contributed by atoms with Crippen LogP contribution in [0, 0.1) is 18.3 Å². The van der Waals surface area contributed by atoms with Crippen molar-refractivity contribution in [2.75, 3.05) is 44.6 Å². The summed E-state index contributed by atoms with van der Waals surface area (Å²) in [4.78, 5) is 48.9. The van der Waals surface area contributed by atoms with Gasteiger partial charge in [0.15, 0.2) is 17.2 Å². The van der Waals surface area contributed by atoms with Crippen LogP contribution < -0.4 is 16.0 Å². The summed E-state index contributed by atoms with van der Waals surface area (Å²) in [7, 11) is 0. The van der Waals surface area contributed by atoms with E-state index in [1.807, 2.05) is 0 Å². The minimum absolute atomic E-state index is 0.119. The second kappa shape index (κ2) is 13.2. The Morgan fingerprint density at radius 2 is 1.94 bits per heavy atom. The number of nitrogens with one attached hydrogen (secondary N) is 3. The van der Waals surface area contributed by atoms with Crippen LogP contribution in [0.4, 0.5) is 29.5 Å². The van der Waals surface area contributed by atoms with Gasteiger partial charge in [-0.05, 0) is 30.7 Å². The van der Waals surface area contributed by atoms with Crippen molar-refractivity contribution in [1.82, 2.24) is 44.6 Å². The first kappa shape index (κ1) is 32.2. The minimum Gasteiger partial charge on any atom is -0.461 e. The van der Waals surface area contributed by atoms with Crippen molar-refractivity contribution in [3.8, 4) is 17.3 Å². The first-order chi connectivity index (χ1) is 23.1. The number of fused-ring (bicyclic) bond motifs is 1. The molecule has 2 aliphatic rings. The number of nitriles is 1. The molecule has 0 bridgehead atoms. The predicted molar refractivity (Wildman–Crippen MR) is 163 cm³/mol. The number of nitrogens with zero attached hydrogens (tertiary/aromatic N) is 8. The van der Waals surface area contributed by atoms with E-state index in [9.17, 15) is 27.6 Å². The molecule has 0 saturated carbocycles. The van der Waals surface area contributed by atoms with Crippen molar-refractivity contribution in [3.63, 3.8) is 0 Å². The average Bonchev–Trinajstić information content (AvgIpc) is 3.80. The van der Waals surface area contributed by atoms with Crippen molar-refractivity contribution < 1.29 is 32.3 Å². The first-order valence-corrected chi connectivity index (χ1v) is 14.9. The molecule has 2 saturated heterocycles. The molecule has 3 N–H and O–H groups in total. The standard InChI is InChI=1S/C30H30F3N11O4/c1-18-12-19(2-3-20(18)28(46)41-8-10-42(11-9-41)29(47)39-22-13-35-15-24(22)48-17-45)38-26-27-37-14-23(44(27)7-5-36-26)21-16-43(6-4-34)40-25(21)30(31,32)33/h2-3,5,7,12,14,16-17,22,24,35H,6,8-11,13,15H2,1H3,(H,36,38)(H,39,47)/t22-,24-/m1/s1. The molecule has 0 radical (unpaired) electrons. The number of anilines is 2. The fraction of sp³-hybridized carbons (Fsp3) is 0.367. The quantitative estimate of drug-likeness (QED) is 0.237. The number of aryl methyl sites for hydroxylation is 1. The zero-order chi connectivity index (χ0) is 34.0. The maximum Gasteiger partial charge on any atom is 0.435 e. The van der Waals surface area contributed by atoms with E-state index in [-0.39, 0.29) is 47.2 Å². The van der Waals surface area contributed by atoms with Gasteiger partial charge in [-0.25, -0.2) is 14.8 Å². The number of hydrogen-bond acceptors (Lipinski definition) is 10. The van der Waals surface area contributed by atoms with Gasteiger partial charge < -0.3 is 30.5 Å². The van der Waals surface area contributed by atoms with E-state index in [2.05, 4.69) is 31.0 Å². The van der Waals surface area contributed by atoms with Crippen molar-refractivity contribution >= 4 is 35.6 Å². The molecule has 0 unspecified atom stereocenters. The highest BCUT2D eigenvalue weighted by molar-refractivity contribution is 5.96. The van der Waals surface area contributed by atoms with Gasteiger partial charge in [0, 0.05) is 69.1 Å². The Bertz CT molecular complexity index is 1890. The van der Waals surface area contributed by atoms with Crippen molar-refractivity contribution in [2.24, 2.45) is 0 Å². The SMILES string of the molecule is Cc1cc(Nc2nccn3c(-c4cn(CC#N)nc4C(F)(F)F)cnc23)ccc1C(=O)N1CCN(C(=O)N[C@@H]2CNC[C@H]2OC=O)CC1. The molecule has 250 valence electrons. The highest BCUT2D eigenvalue weighted by atomic mass is 19.4. The highest BCUT2D eigenvalue weighted by Crippen LogP contribution is 2.37. The zero-order valence-corrected chi connectivity index (χ0v) is 25.6. The van der Waals surface area contributed by atoms with E-state index in [1.54, 1.807) is 41.0 Å². The van der Waals surface area contributed by atoms with Gasteiger partial charge in [0.2, 0.25) is 0 Å². The van der Waals surface area contributed by atoms with Gasteiger partial charge in [0.25, 0.3) is 12.4 Å². The lowest BCUT2D eigenvalue weighted by Crippen LogP contribution is -2.56. The van der Waals surface area contributed by atoms with Gasteiger partial charge in [-0.2, -0.15) is 23.5 Å². The number of ether oxygens (including phenoxy) is 1. The molecule has 48 heavy (non-hydrogen) atoms. The van der Waals surface area contributed by atoms with Crippen molar-refractivity contribution in [2.45, 2.75) is 31.8 Å². The molecule has 3 aromatic heterocycles. The Labute approximate surface area is 271 Å². The molecule has 5 heterocycles. The molecular formula is C30H30F3N11O4. The Morgan fingerprint density at radius 1 is 1.17 bits per heavy atom. The molecule has 6 rings (SSSR count). The van der Waals surface area contributed by atoms with Gasteiger partial charge in [0.05, 0.1) is 29.6 Å². The lowest BCUT2D eigenvalue weighted by Gasteiger charge is -2.35. The van der Waals surface area contributed by atoms with Gasteiger partial charge in [0.1, 0.15) is 12.6 Å². The number of piperazine rings is 1. The molecule has 2 aliphatic heterocycles. The third-order valence-corrected chi connectivity index (χ3v) is 8.24. The minimum atomic E-state index is -4.75. The molecule has 2 fully saturated rings. The Morgan fingerprint density at radius 3 is 2.65 bits per heavy atom. The number of imidazole rings is 1. The number of alkyl halides is 3. The molecule has 2 atom stereocenters. The average molecular weight is 666 g/mol. The van der Waals surface area contributed by atoms with Crippen LogP contribution in [-0.4, -0.2) is 104 Å². The summed E-state index contributed by atoms with van der Waals surface area (Å²) in [6, 6.07) is 6.29. The van der Waals surface area contributed by atoms with Crippen LogP contribution in [-0.2, 0) is 22.3 Å². The smallest absolute Gasteiger partial charge is 0.435 e. The van der Waals surface area contributed by atoms with Crippen molar-refractivity contribution in [1.29, 1.82) is 5.26 Å². The Kier molecular flexibility index (Phi) is 8.86. The maximum atomic E-state index is 13.8. The van der Waals surface area contributed by atoms with E-state index in [4.69, 9.17) is 10.00 Å². The number of benzene rings is 1. The monoisotopic (exact) mass is 665 g/mol. The molecule has 4 aromatic rings. The van der Waals surface area contributed by atoms with Crippen molar-refractivity contribution in [3.05, 3.63) is 59.8 Å². The second-order valence-electron chi connectivity index (χ2n) is 11.3. The summed E-state index contributed by atoms with van der Waals surface area (Å²) in [5.74, 6) is 0.0844. The molecule has 0 spiro atoms. The topological polar surface area (TPSA) is 175 Å². The number of urea groups is 1. The fourth-order valence-corrected chi connectivity index (χ4v) is 5.84. The maximum absolute atomic E-state index is 13.8. The summed E-state index contributed by atoms with van der Waals surface area (Å²) in [5.41, 5.74) is 0.742. The van der Waals surface area contributed by atoms with Crippen LogP contribution in [0.1, 0.15) is 21.6 Å². The summed E-state index contributed by atoms with van der Waals surface area (Å²) in [5, 5.41) is 21.6. The molecule has 15 nitrogen and oxygen atoms in total. The normalized spacial score (nSPS) is 18.1. The van der Waals surface area contributed by atoms with Gasteiger partial charge >= 0.3 is 12.2 Å². The zero-order valence-electron chi connectivity index (χ0n) is 25.6. The van der Waals surface area contributed by atoms with E-state index in [0.29, 0.717) is 62.6 Å².